The molecule has 0 radical (unpaired) electrons. The first kappa shape index (κ1) is 26.0. The number of hydrogen-bond donors (Lipinski definition) is 2. The zero-order valence-electron chi connectivity index (χ0n) is 22.2. The van der Waals surface area contributed by atoms with Gasteiger partial charge in [0, 0.05) is 31.9 Å². The van der Waals surface area contributed by atoms with Gasteiger partial charge in [-0.1, -0.05) is 36.4 Å². The summed E-state index contributed by atoms with van der Waals surface area (Å²) in [7, 11) is 1.63. The number of urea groups is 1. The van der Waals surface area contributed by atoms with Crippen LogP contribution >= 0.6 is 0 Å². The molecule has 2 aromatic carbocycles. The standard InChI is InChI=1S/C30H31N5O4/c1-30(2,28(37)32-17-15-21-11-7-8-16-31-21)35-19-24-25(27(35)36)26(33-29(38)34(24)3)20-10-9-14-23(18-20)39-22-12-5-4-6-13-22/h4-14,16,18,26H,15,17,19H2,1-3H3,(H,32,37)(H,33,38)/t26-/m0/s1. The molecule has 3 heterocycles. The molecule has 0 unspecified atom stereocenters. The first-order valence-electron chi connectivity index (χ1n) is 12.9. The summed E-state index contributed by atoms with van der Waals surface area (Å²) in [4.78, 5) is 47.3. The van der Waals surface area contributed by atoms with E-state index in [0.717, 1.165) is 5.69 Å². The Kier molecular flexibility index (Phi) is 7.06. The molecule has 0 saturated heterocycles. The second-order valence-electron chi connectivity index (χ2n) is 10.1. The minimum absolute atomic E-state index is 0.148. The van der Waals surface area contributed by atoms with E-state index in [0.29, 0.717) is 41.3 Å². The molecule has 1 atom stereocenters. The van der Waals surface area contributed by atoms with Crippen LogP contribution in [0.1, 0.15) is 31.1 Å². The molecular weight excluding hydrogens is 494 g/mol. The third-order valence-corrected chi connectivity index (χ3v) is 7.15. The molecule has 0 fully saturated rings. The van der Waals surface area contributed by atoms with Crippen LogP contribution in [0, 0.1) is 0 Å². The number of nitrogens with zero attached hydrogens (tertiary/aromatic N) is 3. The Morgan fingerprint density at radius 1 is 1.05 bits per heavy atom. The van der Waals surface area contributed by atoms with Gasteiger partial charge in [-0.25, -0.2) is 4.79 Å². The number of rotatable bonds is 8. The molecule has 0 saturated carbocycles. The Balaban J connectivity index is 1.35. The van der Waals surface area contributed by atoms with Gasteiger partial charge < -0.3 is 20.3 Å². The van der Waals surface area contributed by atoms with Gasteiger partial charge in [-0.15, -0.1) is 0 Å². The SMILES string of the molecule is CN1C(=O)N[C@@H](c2cccc(Oc3ccccc3)c2)C2=C1CN(C(C)(C)C(=O)NCCc1ccccn1)C2=O. The van der Waals surface area contributed by atoms with E-state index in [1.165, 1.54) is 9.80 Å². The van der Waals surface area contributed by atoms with Gasteiger partial charge in [0.1, 0.15) is 17.0 Å². The van der Waals surface area contributed by atoms with Crippen molar-refractivity contribution < 1.29 is 19.1 Å². The highest BCUT2D eigenvalue weighted by atomic mass is 16.5. The predicted octanol–water partition coefficient (Wildman–Crippen LogP) is 3.80. The highest BCUT2D eigenvalue weighted by molar-refractivity contribution is 6.04. The zero-order chi connectivity index (χ0) is 27.6. The largest absolute Gasteiger partial charge is 0.457 e. The average molecular weight is 526 g/mol. The van der Waals surface area contributed by atoms with Crippen LogP contribution in [0.4, 0.5) is 4.79 Å². The van der Waals surface area contributed by atoms with Gasteiger partial charge >= 0.3 is 6.03 Å². The van der Waals surface area contributed by atoms with Gasteiger partial charge in [0.15, 0.2) is 0 Å². The van der Waals surface area contributed by atoms with Crippen LogP contribution in [0.25, 0.3) is 0 Å². The number of nitrogens with one attached hydrogen (secondary N) is 2. The zero-order valence-corrected chi connectivity index (χ0v) is 22.2. The lowest BCUT2D eigenvalue weighted by Gasteiger charge is -2.34. The number of carbonyl (C=O) groups excluding carboxylic acids is 3. The summed E-state index contributed by atoms with van der Waals surface area (Å²) < 4.78 is 5.98. The van der Waals surface area contributed by atoms with Crippen molar-refractivity contribution in [3.63, 3.8) is 0 Å². The second kappa shape index (κ2) is 10.6. The summed E-state index contributed by atoms with van der Waals surface area (Å²) in [6.07, 6.45) is 2.29. The Hall–Kier alpha value is -4.66. The van der Waals surface area contributed by atoms with E-state index in [1.54, 1.807) is 27.1 Å². The van der Waals surface area contributed by atoms with Crippen molar-refractivity contribution in [2.75, 3.05) is 20.1 Å². The van der Waals surface area contributed by atoms with E-state index in [1.807, 2.05) is 72.8 Å². The van der Waals surface area contributed by atoms with Gasteiger partial charge in [0.2, 0.25) is 5.91 Å². The molecule has 1 aromatic heterocycles. The molecule has 200 valence electrons. The van der Waals surface area contributed by atoms with Gasteiger partial charge in [-0.05, 0) is 55.8 Å². The third kappa shape index (κ3) is 5.20. The van der Waals surface area contributed by atoms with Crippen molar-refractivity contribution in [2.45, 2.75) is 31.8 Å². The number of pyridine rings is 1. The summed E-state index contributed by atoms with van der Waals surface area (Å²) in [6.45, 7) is 3.98. The minimum atomic E-state index is -1.15. The number of aromatic nitrogens is 1. The summed E-state index contributed by atoms with van der Waals surface area (Å²) in [5.41, 5.74) is 1.47. The van der Waals surface area contributed by atoms with Gasteiger partial charge in [-0.2, -0.15) is 0 Å². The molecule has 0 spiro atoms. The topological polar surface area (TPSA) is 104 Å². The lowest BCUT2D eigenvalue weighted by molar-refractivity contribution is -0.141. The maximum atomic E-state index is 13.9. The van der Waals surface area contributed by atoms with Crippen LogP contribution < -0.4 is 15.4 Å². The maximum Gasteiger partial charge on any atom is 0.322 e. The third-order valence-electron chi connectivity index (χ3n) is 7.15. The van der Waals surface area contributed by atoms with Crippen molar-refractivity contribution in [1.82, 2.24) is 25.4 Å². The number of hydrogen-bond acceptors (Lipinski definition) is 5. The molecule has 2 aliphatic rings. The fraction of sp³-hybridized carbons (Fsp3) is 0.267. The number of ether oxygens (including phenoxy) is 1. The second-order valence-corrected chi connectivity index (χ2v) is 10.1. The fourth-order valence-corrected chi connectivity index (χ4v) is 4.84. The first-order chi connectivity index (χ1) is 18.8. The molecule has 2 aliphatic heterocycles. The average Bonchev–Trinajstić information content (AvgIpc) is 3.30. The van der Waals surface area contributed by atoms with E-state index in [-0.39, 0.29) is 24.4 Å². The highest BCUT2D eigenvalue weighted by Crippen LogP contribution is 2.39. The van der Waals surface area contributed by atoms with E-state index in [2.05, 4.69) is 15.6 Å². The number of likely N-dealkylation sites (N-methyl/N-ethyl adjacent to an activating group) is 1. The maximum absolute atomic E-state index is 13.9. The molecule has 5 rings (SSSR count). The first-order valence-corrected chi connectivity index (χ1v) is 12.9. The van der Waals surface area contributed by atoms with Crippen LogP contribution in [0.3, 0.4) is 0 Å². The smallest absolute Gasteiger partial charge is 0.322 e. The Morgan fingerprint density at radius 2 is 1.79 bits per heavy atom. The molecule has 9 nitrogen and oxygen atoms in total. The van der Waals surface area contributed by atoms with Gasteiger partial charge in [0.05, 0.1) is 23.9 Å². The van der Waals surface area contributed by atoms with Crippen LogP contribution in [-0.4, -0.2) is 58.3 Å². The van der Waals surface area contributed by atoms with E-state index in [4.69, 9.17) is 4.74 Å². The van der Waals surface area contributed by atoms with Crippen molar-refractivity contribution in [2.24, 2.45) is 0 Å². The van der Waals surface area contributed by atoms with Crippen molar-refractivity contribution in [3.05, 3.63) is 102 Å². The van der Waals surface area contributed by atoms with E-state index < -0.39 is 11.6 Å². The summed E-state index contributed by atoms with van der Waals surface area (Å²) in [6, 6.07) is 21.4. The van der Waals surface area contributed by atoms with Gasteiger partial charge in [0.25, 0.3) is 5.91 Å². The van der Waals surface area contributed by atoms with E-state index in [9.17, 15) is 14.4 Å². The summed E-state index contributed by atoms with van der Waals surface area (Å²) in [5, 5.41) is 5.89. The fourth-order valence-electron chi connectivity index (χ4n) is 4.84. The van der Waals surface area contributed by atoms with Gasteiger partial charge in [-0.3, -0.25) is 19.5 Å². The molecule has 0 aliphatic carbocycles. The van der Waals surface area contributed by atoms with Crippen LogP contribution in [0.2, 0.25) is 0 Å². The number of amides is 4. The molecule has 4 amide bonds. The summed E-state index contributed by atoms with van der Waals surface area (Å²) in [5.74, 6) is 0.703. The highest BCUT2D eigenvalue weighted by Gasteiger charge is 2.49. The minimum Gasteiger partial charge on any atom is -0.457 e. The molecule has 3 aromatic rings. The molecule has 39 heavy (non-hydrogen) atoms. The summed E-state index contributed by atoms with van der Waals surface area (Å²) >= 11 is 0. The van der Waals surface area contributed by atoms with Crippen molar-refractivity contribution >= 4 is 17.8 Å². The monoisotopic (exact) mass is 525 g/mol. The number of benzene rings is 2. The molecular formula is C30H31N5O4. The predicted molar refractivity (Wildman–Crippen MR) is 146 cm³/mol. The number of para-hydroxylation sites is 1. The molecule has 0 bridgehead atoms. The van der Waals surface area contributed by atoms with Crippen LogP contribution in [0.15, 0.2) is 90.3 Å². The van der Waals surface area contributed by atoms with Crippen LogP contribution in [-0.2, 0) is 16.0 Å². The molecule has 9 heteroatoms. The molecule has 2 N–H and O–H groups in total. The Bertz CT molecular complexity index is 1420. The lowest BCUT2D eigenvalue weighted by Crippen LogP contribution is -2.56. The lowest BCUT2D eigenvalue weighted by atomic mass is 9.95. The normalized spacial score (nSPS) is 17.2. The quantitative estimate of drug-likeness (QED) is 0.466. The van der Waals surface area contributed by atoms with Crippen LogP contribution in [0.5, 0.6) is 11.5 Å². The Morgan fingerprint density at radius 3 is 2.54 bits per heavy atom. The van der Waals surface area contributed by atoms with Crippen molar-refractivity contribution in [3.8, 4) is 11.5 Å². The van der Waals surface area contributed by atoms with Crippen molar-refractivity contribution in [1.29, 1.82) is 0 Å². The Labute approximate surface area is 227 Å². The number of carbonyl (C=O) groups is 3. The van der Waals surface area contributed by atoms with E-state index >= 15 is 0 Å².